The van der Waals surface area contributed by atoms with Gasteiger partial charge in [0.15, 0.2) is 5.78 Å². The molecule has 0 aliphatic heterocycles. The summed E-state index contributed by atoms with van der Waals surface area (Å²) in [4.78, 5) is 26.1. The van der Waals surface area contributed by atoms with Gasteiger partial charge in [0.05, 0.1) is 5.69 Å². The van der Waals surface area contributed by atoms with E-state index in [0.29, 0.717) is 18.5 Å². The van der Waals surface area contributed by atoms with Gasteiger partial charge in [0, 0.05) is 12.0 Å². The van der Waals surface area contributed by atoms with Gasteiger partial charge in [-0.15, -0.1) is 0 Å². The zero-order valence-electron chi connectivity index (χ0n) is 8.69. The largest absolute Gasteiger partial charge is 0.477 e. The first-order valence-electron chi connectivity index (χ1n) is 4.96. The molecule has 1 N–H and O–H groups in total. The molecule has 0 aromatic carbocycles. The molecule has 16 heavy (non-hydrogen) atoms. The lowest BCUT2D eigenvalue weighted by Gasteiger charge is -2.19. The van der Waals surface area contributed by atoms with E-state index in [-0.39, 0.29) is 17.3 Å². The van der Waals surface area contributed by atoms with Gasteiger partial charge in [0.25, 0.3) is 5.88 Å². The first-order valence-corrected chi connectivity index (χ1v) is 4.96. The molecule has 1 unspecified atom stereocenters. The molecule has 1 aliphatic rings. The van der Waals surface area contributed by atoms with E-state index in [4.69, 9.17) is 5.11 Å². The number of carbonyl (C=O) groups is 2. The SMILES string of the molecule is CC1CC(=O)c2cc(C(=O)O)c([O])nc2C1. The number of nitrogens with zero attached hydrogens (tertiary/aromatic N) is 1. The summed E-state index contributed by atoms with van der Waals surface area (Å²) < 4.78 is 0. The zero-order chi connectivity index (χ0) is 11.9. The van der Waals surface area contributed by atoms with Crippen LogP contribution < -0.4 is 0 Å². The van der Waals surface area contributed by atoms with Crippen molar-refractivity contribution in [2.75, 3.05) is 0 Å². The van der Waals surface area contributed by atoms with E-state index in [1.807, 2.05) is 6.92 Å². The Morgan fingerprint density at radius 1 is 1.50 bits per heavy atom. The predicted octanol–water partition coefficient (Wildman–Crippen LogP) is 1.69. The number of aromatic nitrogens is 1. The molecule has 0 bridgehead atoms. The van der Waals surface area contributed by atoms with Crippen molar-refractivity contribution in [1.82, 2.24) is 4.98 Å². The van der Waals surface area contributed by atoms with E-state index in [1.54, 1.807) is 0 Å². The van der Waals surface area contributed by atoms with Crippen molar-refractivity contribution in [3.63, 3.8) is 0 Å². The molecule has 0 amide bonds. The van der Waals surface area contributed by atoms with Crippen LogP contribution in [0, 0.1) is 5.92 Å². The fourth-order valence-electron chi connectivity index (χ4n) is 1.91. The predicted molar refractivity (Wildman–Crippen MR) is 53.1 cm³/mol. The molecule has 0 spiro atoms. The number of hydrogen-bond donors (Lipinski definition) is 1. The Hall–Kier alpha value is -1.91. The minimum absolute atomic E-state index is 0.135. The Bertz CT molecular complexity index is 481. The van der Waals surface area contributed by atoms with Crippen LogP contribution in [-0.4, -0.2) is 21.8 Å². The monoisotopic (exact) mass is 220 g/mol. The number of pyridine rings is 1. The minimum Gasteiger partial charge on any atom is -0.477 e. The van der Waals surface area contributed by atoms with Crippen molar-refractivity contribution < 1.29 is 19.8 Å². The van der Waals surface area contributed by atoms with Gasteiger partial charge < -0.3 is 5.11 Å². The molecule has 1 atom stereocenters. The van der Waals surface area contributed by atoms with Gasteiger partial charge in [-0.1, -0.05) is 6.92 Å². The fourth-order valence-corrected chi connectivity index (χ4v) is 1.91. The van der Waals surface area contributed by atoms with Crippen LogP contribution in [0.2, 0.25) is 0 Å². The normalized spacial score (nSPS) is 19.3. The van der Waals surface area contributed by atoms with Crippen molar-refractivity contribution in [2.45, 2.75) is 19.8 Å². The lowest BCUT2D eigenvalue weighted by atomic mass is 9.86. The maximum absolute atomic E-state index is 11.6. The number of fused-ring (bicyclic) bond motifs is 1. The van der Waals surface area contributed by atoms with E-state index in [1.165, 1.54) is 0 Å². The van der Waals surface area contributed by atoms with Gasteiger partial charge in [-0.2, -0.15) is 0 Å². The average Bonchev–Trinajstić information content (AvgIpc) is 2.15. The Morgan fingerprint density at radius 2 is 2.19 bits per heavy atom. The summed E-state index contributed by atoms with van der Waals surface area (Å²) in [6.07, 6.45) is 0.933. The maximum atomic E-state index is 11.6. The Labute approximate surface area is 91.7 Å². The average molecular weight is 220 g/mol. The highest BCUT2D eigenvalue weighted by molar-refractivity contribution is 6.01. The van der Waals surface area contributed by atoms with Crippen LogP contribution >= 0.6 is 0 Å². The van der Waals surface area contributed by atoms with Gasteiger partial charge >= 0.3 is 5.97 Å². The molecule has 5 heteroatoms. The standard InChI is InChI=1S/C11H10NO4/c1-5-2-8-6(9(13)3-5)4-7(11(15)16)10(14)12-8/h4-5H,2-3H2,1H3,(H,15,16). The third kappa shape index (κ3) is 1.64. The molecule has 83 valence electrons. The van der Waals surface area contributed by atoms with Gasteiger partial charge in [-0.25, -0.2) is 9.78 Å². The molecule has 0 saturated carbocycles. The smallest absolute Gasteiger partial charge is 0.341 e. The number of carboxylic acid groups (broad SMARTS) is 1. The summed E-state index contributed by atoms with van der Waals surface area (Å²) in [6.45, 7) is 1.90. The van der Waals surface area contributed by atoms with Crippen LogP contribution in [0.3, 0.4) is 0 Å². The molecule has 1 aromatic heterocycles. The lowest BCUT2D eigenvalue weighted by molar-refractivity contribution is 0.0690. The fraction of sp³-hybridized carbons (Fsp3) is 0.364. The topological polar surface area (TPSA) is 87.2 Å². The summed E-state index contributed by atoms with van der Waals surface area (Å²) in [7, 11) is 0. The molecule has 1 radical (unpaired) electrons. The van der Waals surface area contributed by atoms with Gasteiger partial charge in [0.1, 0.15) is 5.56 Å². The van der Waals surface area contributed by atoms with Crippen LogP contribution in [0.15, 0.2) is 6.07 Å². The van der Waals surface area contributed by atoms with Crippen LogP contribution in [0.25, 0.3) is 0 Å². The number of ketones is 1. The number of carbonyl (C=O) groups excluding carboxylic acids is 1. The van der Waals surface area contributed by atoms with E-state index in [2.05, 4.69) is 4.98 Å². The van der Waals surface area contributed by atoms with E-state index >= 15 is 0 Å². The molecule has 0 saturated heterocycles. The zero-order valence-corrected chi connectivity index (χ0v) is 8.69. The molecule has 1 heterocycles. The van der Waals surface area contributed by atoms with Crippen LogP contribution in [-0.2, 0) is 11.5 Å². The van der Waals surface area contributed by atoms with Crippen LogP contribution in [0.1, 0.15) is 39.8 Å². The Balaban J connectivity index is 2.57. The Kier molecular flexibility index (Phi) is 2.38. The van der Waals surface area contributed by atoms with Gasteiger partial charge in [-0.05, 0) is 18.4 Å². The number of hydrogen-bond acceptors (Lipinski definition) is 3. The summed E-state index contributed by atoms with van der Waals surface area (Å²) in [5.41, 5.74) is 0.288. The second kappa shape index (κ2) is 3.59. The van der Waals surface area contributed by atoms with Crippen molar-refractivity contribution >= 4 is 11.8 Å². The maximum Gasteiger partial charge on any atom is 0.341 e. The Morgan fingerprint density at radius 3 is 2.81 bits per heavy atom. The van der Waals surface area contributed by atoms with Crippen LogP contribution in [0.4, 0.5) is 0 Å². The third-order valence-electron chi connectivity index (χ3n) is 2.67. The van der Waals surface area contributed by atoms with E-state index in [9.17, 15) is 14.7 Å². The van der Waals surface area contributed by atoms with Crippen molar-refractivity contribution in [1.29, 1.82) is 0 Å². The second-order valence-corrected chi connectivity index (χ2v) is 4.08. The second-order valence-electron chi connectivity index (χ2n) is 4.08. The number of rotatable bonds is 1. The molecular weight excluding hydrogens is 210 g/mol. The first kappa shape index (κ1) is 10.6. The van der Waals surface area contributed by atoms with E-state index in [0.717, 1.165) is 6.07 Å². The lowest BCUT2D eigenvalue weighted by Crippen LogP contribution is -2.20. The highest BCUT2D eigenvalue weighted by Gasteiger charge is 2.27. The van der Waals surface area contributed by atoms with Crippen molar-refractivity contribution in [3.05, 3.63) is 22.9 Å². The molecule has 1 aliphatic carbocycles. The molecule has 0 fully saturated rings. The highest BCUT2D eigenvalue weighted by atomic mass is 16.4. The van der Waals surface area contributed by atoms with Crippen molar-refractivity contribution in [2.24, 2.45) is 5.92 Å². The quantitative estimate of drug-likeness (QED) is 0.780. The van der Waals surface area contributed by atoms with E-state index < -0.39 is 17.4 Å². The summed E-state index contributed by atoms with van der Waals surface area (Å²) in [6, 6.07) is 1.15. The van der Waals surface area contributed by atoms with Gasteiger partial charge in [-0.3, -0.25) is 9.90 Å². The summed E-state index contributed by atoms with van der Waals surface area (Å²) >= 11 is 0. The summed E-state index contributed by atoms with van der Waals surface area (Å²) in [5.74, 6) is -2.09. The molecule has 5 nitrogen and oxygen atoms in total. The molecule has 2 rings (SSSR count). The molecule has 1 aromatic rings. The number of carboxylic acids is 1. The van der Waals surface area contributed by atoms with Crippen LogP contribution in [0.5, 0.6) is 5.88 Å². The number of aromatic carboxylic acids is 1. The minimum atomic E-state index is -1.34. The van der Waals surface area contributed by atoms with Gasteiger partial charge in [0.2, 0.25) is 0 Å². The first-order chi connectivity index (χ1) is 7.49. The van der Waals surface area contributed by atoms with Crippen molar-refractivity contribution in [3.8, 4) is 5.88 Å². The third-order valence-corrected chi connectivity index (χ3v) is 2.67. The highest BCUT2D eigenvalue weighted by Crippen LogP contribution is 2.28. The molecular formula is C11H10NO4. The summed E-state index contributed by atoms with van der Waals surface area (Å²) in [5, 5.41) is 20.1. The number of Topliss-reactive ketones (excluding diaryl/α,β-unsaturated/α-hetero) is 1.